The molecule has 0 aliphatic carbocycles. The molecule has 0 bridgehead atoms. The average Bonchev–Trinajstić information content (AvgIpc) is 2.77. The molecule has 1 saturated heterocycles. The minimum Gasteiger partial charge on any atom is -0.496 e. The fourth-order valence-electron chi connectivity index (χ4n) is 2.88. The fraction of sp³-hybridized carbons (Fsp3) is 0.600. The van der Waals surface area contributed by atoms with Gasteiger partial charge in [0.15, 0.2) is 0 Å². The molecule has 1 fully saturated rings. The van der Waals surface area contributed by atoms with E-state index >= 15 is 0 Å². The third-order valence-electron chi connectivity index (χ3n) is 3.89. The van der Waals surface area contributed by atoms with Crippen molar-refractivity contribution in [3.8, 4) is 5.75 Å². The molecule has 1 aromatic carbocycles. The summed E-state index contributed by atoms with van der Waals surface area (Å²) in [7, 11) is 3.74. The lowest BCUT2D eigenvalue weighted by atomic mass is 9.87. The van der Waals surface area contributed by atoms with Crippen molar-refractivity contribution in [2.24, 2.45) is 5.92 Å². The molecule has 1 N–H and O–H groups in total. The molecular weight excluding hydrogens is 226 g/mol. The van der Waals surface area contributed by atoms with Crippen LogP contribution in [0.1, 0.15) is 30.5 Å². The largest absolute Gasteiger partial charge is 0.496 e. The normalized spacial score (nSPS) is 25.1. The molecule has 1 heterocycles. The topological polar surface area (TPSA) is 30.5 Å². The summed E-state index contributed by atoms with van der Waals surface area (Å²) in [6, 6.07) is 6.64. The zero-order valence-corrected chi connectivity index (χ0v) is 11.7. The molecule has 3 atom stereocenters. The molecule has 0 spiro atoms. The van der Waals surface area contributed by atoms with E-state index in [0.29, 0.717) is 12.0 Å². The quantitative estimate of drug-likeness (QED) is 0.890. The van der Waals surface area contributed by atoms with Crippen LogP contribution in [0.5, 0.6) is 5.75 Å². The van der Waals surface area contributed by atoms with Crippen molar-refractivity contribution >= 4 is 0 Å². The van der Waals surface area contributed by atoms with Crippen LogP contribution in [0.15, 0.2) is 18.2 Å². The molecule has 18 heavy (non-hydrogen) atoms. The lowest BCUT2D eigenvalue weighted by Crippen LogP contribution is -2.29. The lowest BCUT2D eigenvalue weighted by molar-refractivity contribution is 0.0960. The molecule has 0 amide bonds. The third-order valence-corrected chi connectivity index (χ3v) is 3.89. The number of hydrogen-bond donors (Lipinski definition) is 1. The predicted octanol–water partition coefficient (Wildman–Crippen LogP) is 2.69. The molecule has 3 heteroatoms. The summed E-state index contributed by atoms with van der Waals surface area (Å²) in [4.78, 5) is 0. The Hall–Kier alpha value is -1.06. The van der Waals surface area contributed by atoms with Gasteiger partial charge in [-0.15, -0.1) is 0 Å². The van der Waals surface area contributed by atoms with Gasteiger partial charge in [0.2, 0.25) is 0 Å². The number of benzene rings is 1. The summed E-state index contributed by atoms with van der Waals surface area (Å²) in [5.41, 5.74) is 2.50. The zero-order valence-electron chi connectivity index (χ0n) is 11.7. The molecule has 0 saturated carbocycles. The highest BCUT2D eigenvalue weighted by molar-refractivity contribution is 5.39. The number of hydrogen-bond acceptors (Lipinski definition) is 3. The second kappa shape index (κ2) is 5.72. The third kappa shape index (κ3) is 2.52. The molecular formula is C15H23NO2. The van der Waals surface area contributed by atoms with Gasteiger partial charge < -0.3 is 14.8 Å². The lowest BCUT2D eigenvalue weighted by Gasteiger charge is -2.27. The molecule has 3 nitrogen and oxygen atoms in total. The van der Waals surface area contributed by atoms with E-state index in [9.17, 15) is 0 Å². The molecule has 2 rings (SSSR count). The highest BCUT2D eigenvalue weighted by atomic mass is 16.5. The van der Waals surface area contributed by atoms with Crippen molar-refractivity contribution in [2.45, 2.75) is 32.4 Å². The molecule has 1 aliphatic rings. The van der Waals surface area contributed by atoms with Crippen molar-refractivity contribution < 1.29 is 9.47 Å². The molecule has 0 aromatic heterocycles. The summed E-state index contributed by atoms with van der Waals surface area (Å²) >= 11 is 0. The monoisotopic (exact) mass is 249 g/mol. The zero-order chi connectivity index (χ0) is 13.1. The van der Waals surface area contributed by atoms with Crippen LogP contribution in [0.25, 0.3) is 0 Å². The van der Waals surface area contributed by atoms with Gasteiger partial charge in [0.25, 0.3) is 0 Å². The Labute approximate surface area is 109 Å². The van der Waals surface area contributed by atoms with E-state index in [1.54, 1.807) is 7.11 Å². The standard InChI is InChI=1S/C15H23NO2/c1-10-5-6-14(17-4)13(9-10)15(16-3)12-7-8-18-11(12)2/h5-6,9,11-12,15-16H,7-8H2,1-4H3. The number of methoxy groups -OCH3 is 1. The Kier molecular flexibility index (Phi) is 4.25. The van der Waals surface area contributed by atoms with Crippen LogP contribution >= 0.6 is 0 Å². The van der Waals surface area contributed by atoms with Gasteiger partial charge in [-0.1, -0.05) is 17.7 Å². The van der Waals surface area contributed by atoms with Crippen LogP contribution in [0.2, 0.25) is 0 Å². The second-order valence-electron chi connectivity index (χ2n) is 5.04. The van der Waals surface area contributed by atoms with Gasteiger partial charge in [0.1, 0.15) is 5.75 Å². The highest BCUT2D eigenvalue weighted by Gasteiger charge is 2.33. The maximum absolute atomic E-state index is 5.69. The summed E-state index contributed by atoms with van der Waals surface area (Å²) in [6.45, 7) is 5.13. The highest BCUT2D eigenvalue weighted by Crippen LogP contribution is 2.37. The summed E-state index contributed by atoms with van der Waals surface area (Å²) < 4.78 is 11.2. The first-order chi connectivity index (χ1) is 8.67. The van der Waals surface area contributed by atoms with Gasteiger partial charge in [-0.05, 0) is 33.4 Å². The number of ether oxygens (including phenoxy) is 2. The van der Waals surface area contributed by atoms with Gasteiger partial charge in [-0.2, -0.15) is 0 Å². The van der Waals surface area contributed by atoms with Crippen molar-refractivity contribution in [1.29, 1.82) is 0 Å². The first kappa shape index (κ1) is 13.4. The summed E-state index contributed by atoms with van der Waals surface area (Å²) in [6.07, 6.45) is 1.40. The Morgan fingerprint density at radius 1 is 1.44 bits per heavy atom. The maximum Gasteiger partial charge on any atom is 0.123 e. The van der Waals surface area contributed by atoms with E-state index in [0.717, 1.165) is 18.8 Å². The molecule has 0 radical (unpaired) electrons. The first-order valence-corrected chi connectivity index (χ1v) is 6.60. The fourth-order valence-corrected chi connectivity index (χ4v) is 2.88. The molecule has 1 aliphatic heterocycles. The van der Waals surface area contributed by atoms with Gasteiger partial charge in [-0.3, -0.25) is 0 Å². The predicted molar refractivity (Wildman–Crippen MR) is 73.1 cm³/mol. The van der Waals surface area contributed by atoms with E-state index in [1.165, 1.54) is 11.1 Å². The molecule has 100 valence electrons. The first-order valence-electron chi connectivity index (χ1n) is 6.60. The van der Waals surface area contributed by atoms with E-state index < -0.39 is 0 Å². The van der Waals surface area contributed by atoms with Gasteiger partial charge >= 0.3 is 0 Å². The number of aryl methyl sites for hydroxylation is 1. The molecule has 1 aromatic rings. The van der Waals surface area contributed by atoms with E-state index in [1.807, 2.05) is 7.05 Å². The Bertz CT molecular complexity index is 405. The van der Waals surface area contributed by atoms with Crippen LogP contribution in [0, 0.1) is 12.8 Å². The Balaban J connectivity index is 2.34. The second-order valence-corrected chi connectivity index (χ2v) is 5.04. The van der Waals surface area contributed by atoms with Gasteiger partial charge in [-0.25, -0.2) is 0 Å². The molecule has 3 unspecified atom stereocenters. The van der Waals surface area contributed by atoms with Crippen LogP contribution in [-0.2, 0) is 4.74 Å². The SMILES string of the molecule is CNC(c1cc(C)ccc1OC)C1CCOC1C. The minimum atomic E-state index is 0.289. The van der Waals surface area contributed by atoms with Gasteiger partial charge in [0.05, 0.1) is 13.2 Å². The number of rotatable bonds is 4. The van der Waals surface area contributed by atoms with Crippen LogP contribution in [0.4, 0.5) is 0 Å². The van der Waals surface area contributed by atoms with Crippen LogP contribution < -0.4 is 10.1 Å². The minimum absolute atomic E-state index is 0.289. The van der Waals surface area contributed by atoms with E-state index in [4.69, 9.17) is 9.47 Å². The Morgan fingerprint density at radius 3 is 2.78 bits per heavy atom. The number of nitrogens with one attached hydrogen (secondary N) is 1. The van der Waals surface area contributed by atoms with E-state index in [2.05, 4.69) is 37.4 Å². The van der Waals surface area contributed by atoms with Crippen molar-refractivity contribution in [1.82, 2.24) is 5.32 Å². The average molecular weight is 249 g/mol. The van der Waals surface area contributed by atoms with Crippen molar-refractivity contribution in [2.75, 3.05) is 20.8 Å². The van der Waals surface area contributed by atoms with Crippen LogP contribution in [0.3, 0.4) is 0 Å². The smallest absolute Gasteiger partial charge is 0.123 e. The summed E-state index contributed by atoms with van der Waals surface area (Å²) in [5, 5.41) is 3.43. The summed E-state index contributed by atoms with van der Waals surface area (Å²) in [5.74, 6) is 1.46. The van der Waals surface area contributed by atoms with Crippen molar-refractivity contribution in [3.05, 3.63) is 29.3 Å². The van der Waals surface area contributed by atoms with E-state index in [-0.39, 0.29) is 6.04 Å². The Morgan fingerprint density at radius 2 is 2.22 bits per heavy atom. The van der Waals surface area contributed by atoms with Crippen LogP contribution in [-0.4, -0.2) is 26.9 Å². The van der Waals surface area contributed by atoms with Gasteiger partial charge in [0, 0.05) is 24.1 Å². The van der Waals surface area contributed by atoms with Crippen molar-refractivity contribution in [3.63, 3.8) is 0 Å². The maximum atomic E-state index is 5.69.